The van der Waals surface area contributed by atoms with Crippen LogP contribution < -0.4 is 0 Å². The van der Waals surface area contributed by atoms with Crippen LogP contribution in [0.1, 0.15) is 45.6 Å². The molecule has 0 unspecified atom stereocenters. The summed E-state index contributed by atoms with van der Waals surface area (Å²) >= 11 is 0. The van der Waals surface area contributed by atoms with Gasteiger partial charge in [0.1, 0.15) is 69.1 Å². The molecule has 0 amide bonds. The first kappa shape index (κ1) is 49.1. The molecule has 5 heterocycles. The predicted octanol–water partition coefficient (Wildman–Crippen LogP) is 15.7. The van der Waals surface area contributed by atoms with Crippen LogP contribution in [0, 0.1) is 46.5 Å². The first-order chi connectivity index (χ1) is 38.9. The molecule has 8 bridgehead atoms. The number of aromatic amines is 2. The van der Waals surface area contributed by atoms with E-state index in [4.69, 9.17) is 29.9 Å². The number of hydrogen-bond donors (Lipinski definition) is 2. The van der Waals surface area contributed by atoms with Crippen LogP contribution >= 0.6 is 0 Å². The Balaban J connectivity index is 1.29. The van der Waals surface area contributed by atoms with Gasteiger partial charge >= 0.3 is 0 Å². The topological polar surface area (TPSA) is 109 Å². The molecule has 0 saturated carbocycles. The van der Waals surface area contributed by atoms with Gasteiger partial charge in [0.15, 0.2) is 23.3 Å². The lowest BCUT2D eigenvalue weighted by Crippen LogP contribution is -1.95. The van der Waals surface area contributed by atoms with E-state index in [0.29, 0.717) is 89.1 Å². The Morgan fingerprint density at radius 1 is 0.188 bits per heavy atom. The zero-order valence-electron chi connectivity index (χ0n) is 41.2. The van der Waals surface area contributed by atoms with E-state index in [9.17, 15) is 35.1 Å². The summed E-state index contributed by atoms with van der Waals surface area (Å²) in [5.74, 6) is -4.35. The Labute approximate surface area is 448 Å². The van der Waals surface area contributed by atoms with Crippen molar-refractivity contribution in [1.82, 2.24) is 39.9 Å². The average molecular weight is 1070 g/mol. The van der Waals surface area contributed by atoms with Crippen LogP contribution in [-0.2, 0) is 0 Å². The van der Waals surface area contributed by atoms with Crippen molar-refractivity contribution in [3.8, 4) is 44.5 Å². The number of rotatable bonds is 8. The quantitative estimate of drug-likeness (QED) is 0.147. The fourth-order valence-electron chi connectivity index (χ4n) is 10.1. The molecule has 0 saturated heterocycles. The maximum Gasteiger partial charge on any atom is 0.165 e. The van der Waals surface area contributed by atoms with Crippen molar-refractivity contribution in [2.24, 2.45) is 0 Å². The summed E-state index contributed by atoms with van der Waals surface area (Å²) in [5, 5.41) is 0. The van der Waals surface area contributed by atoms with Gasteiger partial charge in [-0.05, 0) is 142 Å². The van der Waals surface area contributed by atoms with E-state index in [1.54, 1.807) is 0 Å². The SMILES string of the molecule is Fc1ccc(C2=C(c3ccc(F)cc3)c3nc2nc2[nH]c(nc4nc(nc5[nH]c(n3)c(-c3ccc(F)cc3)c5-c3ccc(F)cc3)C(c3ccc(F)cc3)=C4c3ccc(F)cc3)c(-c3ccc(F)cc3)c2-c2ccc(F)cc2)cc1. The zero-order valence-corrected chi connectivity index (χ0v) is 41.2. The number of nitrogens with one attached hydrogen (secondary N) is 2. The van der Waals surface area contributed by atoms with E-state index < -0.39 is 46.5 Å². The fraction of sp³-hybridized carbons (Fsp3) is 0. The predicted molar refractivity (Wildman–Crippen MR) is 289 cm³/mol. The van der Waals surface area contributed by atoms with Crippen molar-refractivity contribution >= 4 is 44.9 Å². The summed E-state index contributed by atoms with van der Waals surface area (Å²) in [4.78, 5) is 38.2. The van der Waals surface area contributed by atoms with Gasteiger partial charge in [-0.2, -0.15) is 0 Å². The third kappa shape index (κ3) is 9.07. The summed E-state index contributed by atoms with van der Waals surface area (Å²) in [5.41, 5.74) is 6.28. The summed E-state index contributed by atoms with van der Waals surface area (Å²) in [7, 11) is 0. The minimum Gasteiger partial charge on any atom is -0.324 e. The molecule has 3 aromatic heterocycles. The van der Waals surface area contributed by atoms with Crippen LogP contribution in [0.5, 0.6) is 0 Å². The van der Waals surface area contributed by atoms with Crippen LogP contribution in [0.2, 0.25) is 0 Å². The van der Waals surface area contributed by atoms with Crippen molar-refractivity contribution < 1.29 is 35.1 Å². The smallest absolute Gasteiger partial charge is 0.165 e. The first-order valence-electron chi connectivity index (χ1n) is 24.8. The van der Waals surface area contributed by atoms with E-state index >= 15 is 0 Å². The molecule has 0 fully saturated rings. The Morgan fingerprint density at radius 2 is 0.338 bits per heavy atom. The second kappa shape index (κ2) is 19.8. The number of nitrogens with zero attached hydrogens (tertiary/aromatic N) is 6. The third-order valence-electron chi connectivity index (χ3n) is 13.7. The van der Waals surface area contributed by atoms with Gasteiger partial charge in [0.2, 0.25) is 0 Å². The van der Waals surface area contributed by atoms with Gasteiger partial charge in [-0.1, -0.05) is 97.1 Å². The molecule has 386 valence electrons. The highest BCUT2D eigenvalue weighted by Crippen LogP contribution is 2.45. The number of fused-ring (bicyclic) bond motifs is 8. The van der Waals surface area contributed by atoms with Gasteiger partial charge in [-0.25, -0.2) is 65.0 Å². The molecule has 16 heteroatoms. The average Bonchev–Trinajstić information content (AvgIpc) is 4.24. The Bertz CT molecular complexity index is 3910. The van der Waals surface area contributed by atoms with Crippen molar-refractivity contribution in [2.45, 2.75) is 0 Å². The van der Waals surface area contributed by atoms with E-state index in [-0.39, 0.29) is 45.9 Å². The second-order valence-corrected chi connectivity index (χ2v) is 18.7. The van der Waals surface area contributed by atoms with E-state index in [0.717, 1.165) is 0 Å². The van der Waals surface area contributed by atoms with E-state index in [1.165, 1.54) is 194 Å². The summed E-state index contributed by atoms with van der Waals surface area (Å²) in [6.45, 7) is 0. The van der Waals surface area contributed by atoms with Crippen molar-refractivity contribution in [3.05, 3.63) is 286 Å². The maximum absolute atomic E-state index is 14.9. The molecular weight excluding hydrogens is 1030 g/mol. The van der Waals surface area contributed by atoms with Gasteiger partial charge in [-0.3, -0.25) is 0 Å². The lowest BCUT2D eigenvalue weighted by Gasteiger charge is -2.09. The number of H-pyrrole nitrogens is 2. The number of benzene rings is 8. The lowest BCUT2D eigenvalue weighted by atomic mass is 9.94. The van der Waals surface area contributed by atoms with Crippen molar-refractivity contribution in [3.63, 3.8) is 0 Å². The second-order valence-electron chi connectivity index (χ2n) is 18.7. The number of aromatic nitrogens is 8. The van der Waals surface area contributed by atoms with E-state index in [2.05, 4.69) is 9.97 Å². The monoisotopic (exact) mass is 1070 g/mol. The van der Waals surface area contributed by atoms with Gasteiger partial charge < -0.3 is 9.97 Å². The molecule has 0 radical (unpaired) electrons. The Kier molecular flexibility index (Phi) is 12.2. The van der Waals surface area contributed by atoms with Crippen LogP contribution in [0.25, 0.3) is 89.4 Å². The molecule has 0 atom stereocenters. The van der Waals surface area contributed by atoms with Crippen LogP contribution in [0.3, 0.4) is 0 Å². The summed E-state index contributed by atoms with van der Waals surface area (Å²) in [6.07, 6.45) is 0. The summed E-state index contributed by atoms with van der Waals surface area (Å²) < 4.78 is 120. The highest BCUT2D eigenvalue weighted by Gasteiger charge is 2.31. The number of halogens is 8. The number of hydrogen-bond acceptors (Lipinski definition) is 6. The van der Waals surface area contributed by atoms with Crippen molar-refractivity contribution in [2.75, 3.05) is 0 Å². The molecule has 0 spiro atoms. The molecule has 80 heavy (non-hydrogen) atoms. The third-order valence-corrected chi connectivity index (χ3v) is 13.7. The molecule has 8 aromatic carbocycles. The largest absolute Gasteiger partial charge is 0.324 e. The lowest BCUT2D eigenvalue weighted by molar-refractivity contribution is 0.627. The first-order valence-corrected chi connectivity index (χ1v) is 24.8. The highest BCUT2D eigenvalue weighted by molar-refractivity contribution is 6.08. The Morgan fingerprint density at radius 3 is 0.500 bits per heavy atom. The molecule has 11 aromatic rings. The highest BCUT2D eigenvalue weighted by atomic mass is 19.2. The maximum atomic E-state index is 14.9. The molecule has 8 nitrogen and oxygen atoms in total. The van der Waals surface area contributed by atoms with Gasteiger partial charge in [0.05, 0.1) is 0 Å². The zero-order chi connectivity index (χ0) is 54.8. The van der Waals surface area contributed by atoms with Crippen LogP contribution in [-0.4, -0.2) is 39.9 Å². The molecule has 0 aliphatic carbocycles. The molecule has 2 N–H and O–H groups in total. The minimum atomic E-state index is -0.546. The fourth-order valence-corrected chi connectivity index (χ4v) is 10.1. The molecule has 2 aliphatic rings. The van der Waals surface area contributed by atoms with E-state index in [1.807, 2.05) is 0 Å². The van der Waals surface area contributed by atoms with Crippen molar-refractivity contribution in [1.29, 1.82) is 0 Å². The van der Waals surface area contributed by atoms with Gasteiger partial charge in [0, 0.05) is 44.5 Å². The van der Waals surface area contributed by atoms with Crippen LogP contribution in [0.15, 0.2) is 194 Å². The normalized spacial score (nSPS) is 12.4. The summed E-state index contributed by atoms with van der Waals surface area (Å²) in [6, 6.07) is 44.7. The van der Waals surface area contributed by atoms with Crippen LogP contribution in [0.4, 0.5) is 35.1 Å². The molecule has 2 aliphatic heterocycles. The van der Waals surface area contributed by atoms with Gasteiger partial charge in [-0.15, -0.1) is 0 Å². The molecular formula is C64H34F8N8. The standard InChI is InChI=1S/C64H34F8N8/c65-41-17-1-33(2-18-41)49-50(34-3-19-42(66)20-4-34)58-73-57(49)77-59-51(35-5-21-43(67)22-6-35)52(36-7-23-44(68)24-8-36)61(74-59)79-63-55(39-13-29-47(71)30-14-39)56(40-15-31-48(72)32-16-40)64(76-63)80-62-54(38-11-27-46(70)28-12-38)53(60(75-62)78-58)37-9-25-45(69)26-10-37/h1-32H,(H2,73,74,75,76,77,78,79,80). The molecule has 13 rings (SSSR count). The minimum absolute atomic E-state index is 0.00136. The Hall–Kier alpha value is -10.5. The van der Waals surface area contributed by atoms with Gasteiger partial charge in [0.25, 0.3) is 0 Å².